The number of halogens is 4. The molecule has 0 bridgehead atoms. The molecule has 0 saturated carbocycles. The minimum absolute atomic E-state index is 0.241. The molecule has 2 rings (SSSR count). The van der Waals surface area contributed by atoms with E-state index in [9.17, 15) is 13.2 Å². The number of alkyl halides is 4. The van der Waals surface area contributed by atoms with Crippen LogP contribution in [0.25, 0.3) is 5.52 Å². The van der Waals surface area contributed by atoms with E-state index in [0.29, 0.717) is 5.82 Å². The quantitative estimate of drug-likeness (QED) is 0.882. The van der Waals surface area contributed by atoms with Gasteiger partial charge in [0, 0.05) is 24.0 Å². The highest BCUT2D eigenvalue weighted by molar-refractivity contribution is 6.21. The number of anilines is 1. The SMILES string of the molecule is CC(Cl)C(C)(C)Nc1nccn2nc(C(F)(F)F)cc12. The third kappa shape index (κ3) is 2.82. The van der Waals surface area contributed by atoms with Crippen molar-refractivity contribution in [2.24, 2.45) is 0 Å². The Balaban J connectivity index is 2.47. The van der Waals surface area contributed by atoms with E-state index >= 15 is 0 Å². The van der Waals surface area contributed by atoms with Crippen molar-refractivity contribution >= 4 is 22.9 Å². The number of hydrogen-bond donors (Lipinski definition) is 1. The predicted octanol–water partition coefficient (Wildman–Crippen LogP) is 3.57. The molecule has 0 amide bonds. The summed E-state index contributed by atoms with van der Waals surface area (Å²) in [5.41, 5.74) is -1.23. The van der Waals surface area contributed by atoms with Gasteiger partial charge in [-0.25, -0.2) is 9.50 Å². The van der Waals surface area contributed by atoms with Gasteiger partial charge in [-0.15, -0.1) is 11.6 Å². The smallest absolute Gasteiger partial charge is 0.362 e. The second kappa shape index (κ2) is 4.80. The number of aromatic nitrogens is 3. The Morgan fingerprint density at radius 3 is 2.55 bits per heavy atom. The lowest BCUT2D eigenvalue weighted by Crippen LogP contribution is -2.39. The van der Waals surface area contributed by atoms with Crippen molar-refractivity contribution in [3.05, 3.63) is 24.2 Å². The zero-order chi connectivity index (χ0) is 15.1. The van der Waals surface area contributed by atoms with E-state index in [1.807, 2.05) is 13.8 Å². The van der Waals surface area contributed by atoms with E-state index in [-0.39, 0.29) is 10.9 Å². The Hall–Kier alpha value is -1.50. The fourth-order valence-corrected chi connectivity index (χ4v) is 1.62. The summed E-state index contributed by atoms with van der Waals surface area (Å²) in [4.78, 5) is 4.07. The second-order valence-corrected chi connectivity index (χ2v) is 5.75. The first-order valence-electron chi connectivity index (χ1n) is 5.95. The van der Waals surface area contributed by atoms with Crippen molar-refractivity contribution in [1.29, 1.82) is 0 Å². The van der Waals surface area contributed by atoms with E-state index < -0.39 is 17.4 Å². The van der Waals surface area contributed by atoms with Crippen LogP contribution >= 0.6 is 11.6 Å². The number of fused-ring (bicyclic) bond motifs is 1. The van der Waals surface area contributed by atoms with Crippen LogP contribution < -0.4 is 5.32 Å². The number of nitrogens with one attached hydrogen (secondary N) is 1. The van der Waals surface area contributed by atoms with Crippen LogP contribution in [0.15, 0.2) is 18.5 Å². The molecule has 1 unspecified atom stereocenters. The van der Waals surface area contributed by atoms with Crippen LogP contribution in [-0.2, 0) is 6.18 Å². The minimum Gasteiger partial charge on any atom is -0.362 e. The van der Waals surface area contributed by atoms with Crippen molar-refractivity contribution in [3.63, 3.8) is 0 Å². The van der Waals surface area contributed by atoms with E-state index in [1.54, 1.807) is 6.92 Å². The third-order valence-electron chi connectivity index (χ3n) is 3.12. The zero-order valence-electron chi connectivity index (χ0n) is 11.2. The Kier molecular flexibility index (Phi) is 3.58. The first kappa shape index (κ1) is 14.9. The Morgan fingerprint density at radius 1 is 1.35 bits per heavy atom. The maximum atomic E-state index is 12.7. The molecule has 2 aromatic rings. The van der Waals surface area contributed by atoms with Crippen molar-refractivity contribution in [2.75, 3.05) is 5.32 Å². The number of hydrogen-bond acceptors (Lipinski definition) is 3. The van der Waals surface area contributed by atoms with E-state index in [0.717, 1.165) is 10.6 Å². The molecule has 8 heteroatoms. The summed E-state index contributed by atoms with van der Waals surface area (Å²) >= 11 is 6.06. The fourth-order valence-electron chi connectivity index (χ4n) is 1.56. The Labute approximate surface area is 118 Å². The molecule has 0 aliphatic carbocycles. The Bertz CT molecular complexity index is 619. The summed E-state index contributed by atoms with van der Waals surface area (Å²) < 4.78 is 39.2. The summed E-state index contributed by atoms with van der Waals surface area (Å²) in [5.74, 6) is 0.313. The van der Waals surface area contributed by atoms with Gasteiger partial charge in [0.15, 0.2) is 11.5 Å². The van der Waals surface area contributed by atoms with Gasteiger partial charge in [-0.1, -0.05) is 0 Å². The third-order valence-corrected chi connectivity index (χ3v) is 3.66. The number of nitrogens with zero attached hydrogens (tertiary/aromatic N) is 3. The summed E-state index contributed by atoms with van der Waals surface area (Å²) in [6.45, 7) is 5.49. The molecule has 20 heavy (non-hydrogen) atoms. The van der Waals surface area contributed by atoms with Crippen LogP contribution in [0.5, 0.6) is 0 Å². The average molecular weight is 307 g/mol. The monoisotopic (exact) mass is 306 g/mol. The van der Waals surface area contributed by atoms with E-state index in [1.165, 1.54) is 12.4 Å². The molecule has 110 valence electrons. The number of rotatable bonds is 3. The van der Waals surface area contributed by atoms with Gasteiger partial charge in [-0.05, 0) is 20.8 Å². The molecule has 0 saturated heterocycles. The molecule has 0 spiro atoms. The van der Waals surface area contributed by atoms with Crippen LogP contribution in [-0.4, -0.2) is 25.5 Å². The van der Waals surface area contributed by atoms with Crippen LogP contribution in [0.3, 0.4) is 0 Å². The van der Waals surface area contributed by atoms with Gasteiger partial charge < -0.3 is 5.32 Å². The highest BCUT2D eigenvalue weighted by atomic mass is 35.5. The van der Waals surface area contributed by atoms with Crippen molar-refractivity contribution < 1.29 is 13.2 Å². The molecular weight excluding hydrogens is 293 g/mol. The molecule has 1 atom stereocenters. The standard InChI is InChI=1S/C12H14ClF3N4/c1-7(13)11(2,3)18-10-8-6-9(12(14,15)16)19-20(8)5-4-17-10/h4-7H,1-3H3,(H,17,18). The molecule has 2 aromatic heterocycles. The molecular formula is C12H14ClF3N4. The van der Waals surface area contributed by atoms with E-state index in [4.69, 9.17) is 11.6 Å². The van der Waals surface area contributed by atoms with Gasteiger partial charge in [0.25, 0.3) is 0 Å². The molecule has 2 heterocycles. The zero-order valence-corrected chi connectivity index (χ0v) is 11.9. The van der Waals surface area contributed by atoms with Crippen LogP contribution in [0.2, 0.25) is 0 Å². The van der Waals surface area contributed by atoms with Crippen LogP contribution in [0, 0.1) is 0 Å². The topological polar surface area (TPSA) is 42.2 Å². The molecule has 0 aromatic carbocycles. The molecule has 0 aliphatic rings. The summed E-state index contributed by atoms with van der Waals surface area (Å²) in [6, 6.07) is 0.963. The first-order chi connectivity index (χ1) is 9.11. The van der Waals surface area contributed by atoms with Gasteiger partial charge in [-0.2, -0.15) is 18.3 Å². The second-order valence-electron chi connectivity index (χ2n) is 5.10. The van der Waals surface area contributed by atoms with Crippen molar-refractivity contribution in [2.45, 2.75) is 37.9 Å². The van der Waals surface area contributed by atoms with Gasteiger partial charge in [0.2, 0.25) is 0 Å². The van der Waals surface area contributed by atoms with Gasteiger partial charge in [0.1, 0.15) is 5.52 Å². The maximum absolute atomic E-state index is 12.7. The average Bonchev–Trinajstić information content (AvgIpc) is 2.73. The normalized spacial score (nSPS) is 14.6. The van der Waals surface area contributed by atoms with Crippen LogP contribution in [0.4, 0.5) is 19.0 Å². The highest BCUT2D eigenvalue weighted by Crippen LogP contribution is 2.31. The lowest BCUT2D eigenvalue weighted by Gasteiger charge is -2.29. The highest BCUT2D eigenvalue weighted by Gasteiger charge is 2.35. The molecule has 0 fully saturated rings. The van der Waals surface area contributed by atoms with Gasteiger partial charge in [0.05, 0.1) is 5.38 Å². The minimum atomic E-state index is -4.49. The van der Waals surface area contributed by atoms with Crippen LogP contribution in [0.1, 0.15) is 26.5 Å². The molecule has 0 aliphatic heterocycles. The maximum Gasteiger partial charge on any atom is 0.435 e. The summed E-state index contributed by atoms with van der Waals surface area (Å²) in [7, 11) is 0. The predicted molar refractivity (Wildman–Crippen MR) is 71.0 cm³/mol. The molecule has 0 radical (unpaired) electrons. The van der Waals surface area contributed by atoms with Gasteiger partial charge in [-0.3, -0.25) is 0 Å². The summed E-state index contributed by atoms with van der Waals surface area (Å²) in [6.07, 6.45) is -1.73. The Morgan fingerprint density at radius 2 is 2.00 bits per heavy atom. The first-order valence-corrected chi connectivity index (χ1v) is 6.39. The largest absolute Gasteiger partial charge is 0.435 e. The lowest BCUT2D eigenvalue weighted by atomic mass is 10.0. The lowest BCUT2D eigenvalue weighted by molar-refractivity contribution is -0.141. The molecule has 1 N–H and O–H groups in total. The molecule has 4 nitrogen and oxygen atoms in total. The van der Waals surface area contributed by atoms with E-state index in [2.05, 4.69) is 15.4 Å². The fraction of sp³-hybridized carbons (Fsp3) is 0.500. The van der Waals surface area contributed by atoms with Crippen molar-refractivity contribution in [3.8, 4) is 0 Å². The van der Waals surface area contributed by atoms with Crippen molar-refractivity contribution in [1.82, 2.24) is 14.6 Å². The summed E-state index contributed by atoms with van der Waals surface area (Å²) in [5, 5.41) is 6.31. The van der Waals surface area contributed by atoms with Gasteiger partial charge >= 0.3 is 6.18 Å².